The van der Waals surface area contributed by atoms with Crippen molar-refractivity contribution >= 4 is 17.8 Å². The van der Waals surface area contributed by atoms with Gasteiger partial charge in [0.25, 0.3) is 5.91 Å². The number of likely N-dealkylation sites (tertiary alicyclic amines) is 1. The Kier molecular flexibility index (Phi) is 4.72. The van der Waals surface area contributed by atoms with Crippen LogP contribution in [-0.2, 0) is 9.59 Å². The molecule has 2 unspecified atom stereocenters. The van der Waals surface area contributed by atoms with Gasteiger partial charge < -0.3 is 15.5 Å². The molecule has 4 rings (SSSR count). The van der Waals surface area contributed by atoms with E-state index in [1.165, 1.54) is 6.42 Å². The van der Waals surface area contributed by atoms with Gasteiger partial charge in [-0.2, -0.15) is 0 Å². The summed E-state index contributed by atoms with van der Waals surface area (Å²) in [6.45, 7) is 9.85. The lowest BCUT2D eigenvalue weighted by Crippen LogP contribution is -2.54. The fourth-order valence-electron chi connectivity index (χ4n) is 6.34. The highest BCUT2D eigenvalue weighted by Crippen LogP contribution is 2.46. The number of piperidine rings is 1. The third kappa shape index (κ3) is 3.42. The molecule has 4 fully saturated rings. The van der Waals surface area contributed by atoms with Crippen molar-refractivity contribution in [1.29, 1.82) is 0 Å². The van der Waals surface area contributed by atoms with Gasteiger partial charge in [-0.15, -0.1) is 0 Å². The van der Waals surface area contributed by atoms with Crippen LogP contribution < -0.4 is 10.6 Å². The van der Waals surface area contributed by atoms with Gasteiger partial charge in [-0.3, -0.25) is 14.5 Å². The van der Waals surface area contributed by atoms with E-state index in [-0.39, 0.29) is 23.8 Å². The van der Waals surface area contributed by atoms with Gasteiger partial charge in [0.15, 0.2) is 0 Å². The zero-order valence-electron chi connectivity index (χ0n) is 17.5. The number of hydrogen-bond acceptors (Lipinski definition) is 4. The van der Waals surface area contributed by atoms with Crippen LogP contribution in [0, 0.1) is 16.7 Å². The third-order valence-corrected chi connectivity index (χ3v) is 7.43. The van der Waals surface area contributed by atoms with E-state index >= 15 is 0 Å². The molecule has 0 aromatic rings. The molecule has 28 heavy (non-hydrogen) atoms. The molecule has 4 amide bonds. The van der Waals surface area contributed by atoms with Crippen LogP contribution in [0.1, 0.15) is 59.3 Å². The lowest BCUT2D eigenvalue weighted by atomic mass is 9.64. The molecule has 0 aromatic carbocycles. The molecule has 3 aliphatic heterocycles. The lowest BCUT2D eigenvalue weighted by molar-refractivity contribution is -0.141. The molecule has 0 bridgehead atoms. The summed E-state index contributed by atoms with van der Waals surface area (Å²) in [6.07, 6.45) is 5.52. The van der Waals surface area contributed by atoms with Crippen LogP contribution in [0.15, 0.2) is 0 Å². The maximum absolute atomic E-state index is 13.2. The highest BCUT2D eigenvalue weighted by Gasteiger charge is 2.56. The molecular weight excluding hydrogens is 356 g/mol. The van der Waals surface area contributed by atoms with Gasteiger partial charge >= 0.3 is 6.03 Å². The average Bonchev–Trinajstić information content (AvgIpc) is 3.12. The number of imide groups is 1. The Morgan fingerprint density at radius 3 is 2.46 bits per heavy atom. The summed E-state index contributed by atoms with van der Waals surface area (Å²) in [6, 6.07) is -0.406. The second-order valence-corrected chi connectivity index (χ2v) is 10.6. The van der Waals surface area contributed by atoms with Crippen molar-refractivity contribution < 1.29 is 14.4 Å². The number of hydrogen-bond donors (Lipinski definition) is 2. The molecule has 2 spiro atoms. The quantitative estimate of drug-likeness (QED) is 0.704. The van der Waals surface area contributed by atoms with Gasteiger partial charge in [0, 0.05) is 19.6 Å². The number of urea groups is 1. The first kappa shape index (κ1) is 19.7. The number of carbonyl (C=O) groups is 3. The van der Waals surface area contributed by atoms with Crippen LogP contribution in [-0.4, -0.2) is 65.9 Å². The van der Waals surface area contributed by atoms with Crippen LogP contribution in [0.5, 0.6) is 0 Å². The number of amides is 4. The molecule has 3 saturated heterocycles. The van der Waals surface area contributed by atoms with E-state index in [0.717, 1.165) is 50.3 Å². The minimum atomic E-state index is -0.833. The third-order valence-electron chi connectivity index (χ3n) is 7.43. The standard InChI is InChI=1S/C21H34N4O3/c1-15-10-19(2,3)13-21(11-15)17(27)25(18(28)23-21)12-16(26)24-8-5-20(6-9-24)4-7-22-14-20/h15,22H,4-14H2,1-3H3,(H,23,28). The van der Waals surface area contributed by atoms with Gasteiger partial charge in [0.05, 0.1) is 0 Å². The van der Waals surface area contributed by atoms with Crippen LogP contribution in [0.2, 0.25) is 0 Å². The average molecular weight is 391 g/mol. The predicted molar refractivity (Wildman–Crippen MR) is 106 cm³/mol. The van der Waals surface area contributed by atoms with Crippen molar-refractivity contribution in [3.63, 3.8) is 0 Å². The van der Waals surface area contributed by atoms with Crippen molar-refractivity contribution in [2.24, 2.45) is 16.7 Å². The second-order valence-electron chi connectivity index (χ2n) is 10.6. The van der Waals surface area contributed by atoms with Crippen molar-refractivity contribution in [2.45, 2.75) is 64.8 Å². The summed E-state index contributed by atoms with van der Waals surface area (Å²) in [5.74, 6) is 0.0466. The molecule has 2 atom stereocenters. The molecule has 3 heterocycles. The lowest BCUT2D eigenvalue weighted by Gasteiger charge is -2.44. The Morgan fingerprint density at radius 1 is 1.14 bits per heavy atom. The van der Waals surface area contributed by atoms with E-state index in [2.05, 4.69) is 31.4 Å². The zero-order chi connectivity index (χ0) is 20.2. The first-order valence-electron chi connectivity index (χ1n) is 10.8. The van der Waals surface area contributed by atoms with E-state index in [9.17, 15) is 14.4 Å². The molecule has 1 aliphatic carbocycles. The zero-order valence-corrected chi connectivity index (χ0v) is 17.5. The minimum absolute atomic E-state index is 0.00285. The first-order valence-corrected chi connectivity index (χ1v) is 10.8. The fraction of sp³-hybridized carbons (Fsp3) is 0.857. The maximum atomic E-state index is 13.2. The molecule has 1 saturated carbocycles. The normalized spacial score (nSPS) is 34.3. The fourth-order valence-corrected chi connectivity index (χ4v) is 6.34. The molecule has 7 heteroatoms. The van der Waals surface area contributed by atoms with Crippen LogP contribution in [0.4, 0.5) is 4.79 Å². The number of nitrogens with zero attached hydrogens (tertiary/aromatic N) is 2. The largest absolute Gasteiger partial charge is 0.341 e. The smallest absolute Gasteiger partial charge is 0.325 e. The number of nitrogens with one attached hydrogen (secondary N) is 2. The van der Waals surface area contributed by atoms with E-state index in [0.29, 0.717) is 24.2 Å². The molecule has 4 aliphatic rings. The van der Waals surface area contributed by atoms with Crippen LogP contribution >= 0.6 is 0 Å². The van der Waals surface area contributed by atoms with Gasteiger partial charge in [0.2, 0.25) is 5.91 Å². The summed E-state index contributed by atoms with van der Waals surface area (Å²) in [5.41, 5.74) is -0.497. The molecule has 156 valence electrons. The van der Waals surface area contributed by atoms with Crippen molar-refractivity contribution in [3.8, 4) is 0 Å². The Labute approximate surface area is 167 Å². The predicted octanol–water partition coefficient (Wildman–Crippen LogP) is 1.73. The van der Waals surface area contributed by atoms with E-state index in [1.54, 1.807) is 0 Å². The highest BCUT2D eigenvalue weighted by molar-refractivity contribution is 6.09. The number of carbonyl (C=O) groups excluding carboxylic acids is 3. The van der Waals surface area contributed by atoms with Crippen molar-refractivity contribution in [3.05, 3.63) is 0 Å². The van der Waals surface area contributed by atoms with Crippen LogP contribution in [0.25, 0.3) is 0 Å². The summed E-state index contributed by atoms with van der Waals surface area (Å²) in [7, 11) is 0. The molecule has 7 nitrogen and oxygen atoms in total. The Hall–Kier alpha value is -1.63. The molecule has 0 radical (unpaired) electrons. The Balaban J connectivity index is 1.40. The molecule has 0 aromatic heterocycles. The van der Waals surface area contributed by atoms with E-state index in [1.807, 2.05) is 4.90 Å². The summed E-state index contributed by atoms with van der Waals surface area (Å²) in [5, 5.41) is 6.39. The monoisotopic (exact) mass is 390 g/mol. The van der Waals surface area contributed by atoms with E-state index < -0.39 is 11.6 Å². The van der Waals surface area contributed by atoms with Crippen molar-refractivity contribution in [1.82, 2.24) is 20.4 Å². The second kappa shape index (κ2) is 6.71. The summed E-state index contributed by atoms with van der Waals surface area (Å²) in [4.78, 5) is 41.7. The van der Waals surface area contributed by atoms with Gasteiger partial charge in [0.1, 0.15) is 12.1 Å². The Morgan fingerprint density at radius 2 is 1.86 bits per heavy atom. The minimum Gasteiger partial charge on any atom is -0.341 e. The SMILES string of the molecule is CC1CC(C)(C)CC2(C1)NC(=O)N(CC(=O)N1CCC3(CCNC3)CC1)C2=O. The van der Waals surface area contributed by atoms with Crippen LogP contribution in [0.3, 0.4) is 0 Å². The molecule has 2 N–H and O–H groups in total. The Bertz CT molecular complexity index is 675. The topological polar surface area (TPSA) is 81.8 Å². The van der Waals surface area contributed by atoms with Gasteiger partial charge in [-0.25, -0.2) is 4.79 Å². The van der Waals surface area contributed by atoms with Crippen molar-refractivity contribution in [2.75, 3.05) is 32.7 Å². The molecular formula is C21H34N4O3. The van der Waals surface area contributed by atoms with E-state index in [4.69, 9.17) is 0 Å². The summed E-state index contributed by atoms with van der Waals surface area (Å²) >= 11 is 0. The number of rotatable bonds is 2. The van der Waals surface area contributed by atoms with Gasteiger partial charge in [-0.1, -0.05) is 20.8 Å². The first-order chi connectivity index (χ1) is 13.1. The maximum Gasteiger partial charge on any atom is 0.325 e. The van der Waals surface area contributed by atoms with Gasteiger partial charge in [-0.05, 0) is 61.8 Å². The summed E-state index contributed by atoms with van der Waals surface area (Å²) < 4.78 is 0. The highest BCUT2D eigenvalue weighted by atomic mass is 16.2.